The average molecular weight is 170 g/mol. The van der Waals surface area contributed by atoms with Crippen LogP contribution >= 0.6 is 0 Å². The summed E-state index contributed by atoms with van der Waals surface area (Å²) >= 11 is 0. The van der Waals surface area contributed by atoms with Crippen LogP contribution in [0.3, 0.4) is 0 Å². The molecule has 1 rings (SSSR count). The van der Waals surface area contributed by atoms with Crippen molar-refractivity contribution in [3.05, 3.63) is 0 Å². The van der Waals surface area contributed by atoms with Crippen molar-refractivity contribution in [3.8, 4) is 0 Å². The molecule has 12 heavy (non-hydrogen) atoms. The van der Waals surface area contributed by atoms with E-state index in [1.807, 2.05) is 0 Å². The fraction of sp³-hybridized carbons (Fsp3) is 1.00. The van der Waals surface area contributed by atoms with Crippen molar-refractivity contribution in [2.75, 3.05) is 20.3 Å². The summed E-state index contributed by atoms with van der Waals surface area (Å²) in [6.45, 7) is 1.88. The summed E-state index contributed by atoms with van der Waals surface area (Å²) < 4.78 is 0. The first kappa shape index (κ1) is 10.0. The molecule has 72 valence electrons. The molecule has 2 nitrogen and oxygen atoms in total. The highest BCUT2D eigenvalue weighted by Crippen LogP contribution is 2.26. The van der Waals surface area contributed by atoms with E-state index >= 15 is 0 Å². The van der Waals surface area contributed by atoms with Gasteiger partial charge in [0.1, 0.15) is 0 Å². The Morgan fingerprint density at radius 2 is 1.92 bits per heavy atom. The lowest BCUT2D eigenvalue weighted by Crippen LogP contribution is -2.28. The van der Waals surface area contributed by atoms with Gasteiger partial charge in [0, 0.05) is 6.67 Å². The molecule has 0 aromatic carbocycles. The summed E-state index contributed by atoms with van der Waals surface area (Å²) in [6, 6.07) is 0. The molecule has 0 saturated heterocycles. The van der Waals surface area contributed by atoms with Crippen molar-refractivity contribution in [3.63, 3.8) is 0 Å². The molecule has 1 saturated carbocycles. The van der Waals surface area contributed by atoms with Crippen LogP contribution in [0.1, 0.15) is 38.5 Å². The quantitative estimate of drug-likeness (QED) is 0.652. The van der Waals surface area contributed by atoms with Gasteiger partial charge in [0.05, 0.1) is 0 Å². The largest absolute Gasteiger partial charge is 0.318 e. The molecule has 1 fully saturated rings. The van der Waals surface area contributed by atoms with Crippen LogP contribution in [0, 0.1) is 5.92 Å². The Morgan fingerprint density at radius 3 is 2.50 bits per heavy atom. The summed E-state index contributed by atoms with van der Waals surface area (Å²) in [5, 5.41) is 0. The Bertz CT molecular complexity index is 108. The highest BCUT2D eigenvalue weighted by atomic mass is 15.1. The smallest absolute Gasteiger partial charge is 0.0452 e. The van der Waals surface area contributed by atoms with E-state index in [2.05, 4.69) is 11.9 Å². The van der Waals surface area contributed by atoms with E-state index in [0.717, 1.165) is 5.92 Å². The van der Waals surface area contributed by atoms with Gasteiger partial charge >= 0.3 is 0 Å². The predicted octanol–water partition coefficient (Wildman–Crippen LogP) is 1.80. The number of hydrogen-bond acceptors (Lipinski definition) is 2. The molecule has 0 bridgehead atoms. The van der Waals surface area contributed by atoms with Crippen LogP contribution in [0.25, 0.3) is 0 Å². The molecule has 0 atom stereocenters. The molecule has 2 N–H and O–H groups in total. The molecule has 0 aliphatic heterocycles. The molecule has 0 unspecified atom stereocenters. The summed E-state index contributed by atoms with van der Waals surface area (Å²) in [4.78, 5) is 2.20. The van der Waals surface area contributed by atoms with Gasteiger partial charge in [-0.2, -0.15) is 0 Å². The van der Waals surface area contributed by atoms with E-state index in [-0.39, 0.29) is 0 Å². The lowest BCUT2D eigenvalue weighted by Gasteiger charge is -2.23. The summed E-state index contributed by atoms with van der Waals surface area (Å²) in [6.07, 6.45) is 8.64. The van der Waals surface area contributed by atoms with Crippen molar-refractivity contribution in [2.45, 2.75) is 38.5 Å². The van der Waals surface area contributed by atoms with Crippen LogP contribution in [0.4, 0.5) is 0 Å². The van der Waals surface area contributed by atoms with Crippen molar-refractivity contribution < 1.29 is 0 Å². The van der Waals surface area contributed by atoms with Crippen LogP contribution in [0.15, 0.2) is 0 Å². The van der Waals surface area contributed by atoms with Gasteiger partial charge in [0.2, 0.25) is 0 Å². The first-order valence-electron chi connectivity index (χ1n) is 5.21. The second-order valence-electron chi connectivity index (χ2n) is 4.05. The van der Waals surface area contributed by atoms with Gasteiger partial charge in [-0.25, -0.2) is 0 Å². The molecule has 1 aliphatic carbocycles. The maximum atomic E-state index is 5.51. The molecular formula is C10H22N2. The molecule has 0 amide bonds. The first-order valence-corrected chi connectivity index (χ1v) is 5.21. The third kappa shape index (κ3) is 3.55. The van der Waals surface area contributed by atoms with Crippen molar-refractivity contribution >= 4 is 0 Å². The van der Waals surface area contributed by atoms with Crippen LogP contribution in [0.2, 0.25) is 0 Å². The summed E-state index contributed by atoms with van der Waals surface area (Å²) in [5.74, 6) is 0.993. The zero-order valence-electron chi connectivity index (χ0n) is 8.26. The summed E-state index contributed by atoms with van der Waals surface area (Å²) in [5.41, 5.74) is 5.51. The van der Waals surface area contributed by atoms with Gasteiger partial charge in [-0.05, 0) is 25.9 Å². The van der Waals surface area contributed by atoms with E-state index in [1.165, 1.54) is 45.1 Å². The van der Waals surface area contributed by atoms with Crippen molar-refractivity contribution in [2.24, 2.45) is 11.7 Å². The Hall–Kier alpha value is -0.0800. The Balaban J connectivity index is 2.05. The average Bonchev–Trinajstić information content (AvgIpc) is 2.16. The SMILES string of the molecule is CN(CN)CCC1CCCCC1. The molecule has 0 heterocycles. The Labute approximate surface area is 76.1 Å². The van der Waals surface area contributed by atoms with Crippen molar-refractivity contribution in [1.82, 2.24) is 4.90 Å². The molecule has 1 aliphatic rings. The van der Waals surface area contributed by atoms with Gasteiger partial charge in [-0.3, -0.25) is 4.90 Å². The third-order valence-corrected chi connectivity index (χ3v) is 2.96. The van der Waals surface area contributed by atoms with Crippen molar-refractivity contribution in [1.29, 1.82) is 0 Å². The molecular weight excluding hydrogens is 148 g/mol. The zero-order chi connectivity index (χ0) is 8.81. The highest BCUT2D eigenvalue weighted by molar-refractivity contribution is 4.66. The molecule has 2 heteroatoms. The molecule has 0 aromatic rings. The predicted molar refractivity (Wildman–Crippen MR) is 52.9 cm³/mol. The van der Waals surface area contributed by atoms with Crippen LogP contribution in [0.5, 0.6) is 0 Å². The second kappa shape index (κ2) is 5.55. The van der Waals surface area contributed by atoms with E-state index in [1.54, 1.807) is 0 Å². The molecule has 0 radical (unpaired) electrons. The van der Waals surface area contributed by atoms with E-state index in [9.17, 15) is 0 Å². The van der Waals surface area contributed by atoms with Gasteiger partial charge in [-0.1, -0.05) is 32.1 Å². The van der Waals surface area contributed by atoms with Crippen LogP contribution < -0.4 is 5.73 Å². The lowest BCUT2D eigenvalue weighted by atomic mass is 9.87. The standard InChI is InChI=1S/C10H22N2/c1-12(9-11)8-7-10-5-3-2-4-6-10/h10H,2-9,11H2,1H3. The van der Waals surface area contributed by atoms with E-state index < -0.39 is 0 Å². The van der Waals surface area contributed by atoms with E-state index in [4.69, 9.17) is 5.73 Å². The van der Waals surface area contributed by atoms with Crippen LogP contribution in [-0.4, -0.2) is 25.2 Å². The fourth-order valence-corrected chi connectivity index (χ4v) is 1.97. The zero-order valence-corrected chi connectivity index (χ0v) is 8.26. The first-order chi connectivity index (χ1) is 5.83. The molecule has 0 aromatic heterocycles. The van der Waals surface area contributed by atoms with Gasteiger partial charge in [-0.15, -0.1) is 0 Å². The second-order valence-corrected chi connectivity index (χ2v) is 4.05. The van der Waals surface area contributed by atoms with Gasteiger partial charge in [0.15, 0.2) is 0 Å². The normalized spacial score (nSPS) is 20.2. The Morgan fingerprint density at radius 1 is 1.25 bits per heavy atom. The number of nitrogens with zero attached hydrogens (tertiary/aromatic N) is 1. The monoisotopic (exact) mass is 170 g/mol. The minimum Gasteiger partial charge on any atom is -0.318 e. The minimum atomic E-state index is 0.701. The minimum absolute atomic E-state index is 0.701. The fourth-order valence-electron chi connectivity index (χ4n) is 1.97. The third-order valence-electron chi connectivity index (χ3n) is 2.96. The van der Waals surface area contributed by atoms with Gasteiger partial charge in [0.25, 0.3) is 0 Å². The number of rotatable bonds is 4. The lowest BCUT2D eigenvalue weighted by molar-refractivity contribution is 0.269. The highest BCUT2D eigenvalue weighted by Gasteiger charge is 2.13. The molecule has 0 spiro atoms. The topological polar surface area (TPSA) is 29.3 Å². The Kier molecular flexibility index (Phi) is 4.62. The maximum absolute atomic E-state index is 5.51. The number of hydrogen-bond donors (Lipinski definition) is 1. The van der Waals surface area contributed by atoms with Gasteiger partial charge < -0.3 is 5.73 Å². The maximum Gasteiger partial charge on any atom is 0.0452 e. The number of nitrogens with two attached hydrogens (primary N) is 1. The van der Waals surface area contributed by atoms with E-state index in [0.29, 0.717) is 6.67 Å². The summed E-state index contributed by atoms with van der Waals surface area (Å²) in [7, 11) is 2.10. The van der Waals surface area contributed by atoms with Crippen LogP contribution in [-0.2, 0) is 0 Å².